The molecule has 0 unspecified atom stereocenters. The van der Waals surface area contributed by atoms with Crippen LogP contribution in [-0.2, 0) is 11.3 Å². The Kier molecular flexibility index (Phi) is 6.74. The highest BCUT2D eigenvalue weighted by Crippen LogP contribution is 2.36. The van der Waals surface area contributed by atoms with Gasteiger partial charge >= 0.3 is 0 Å². The average Bonchev–Trinajstić information content (AvgIpc) is 2.82. The minimum absolute atomic E-state index is 0.00908. The van der Waals surface area contributed by atoms with E-state index >= 15 is 0 Å². The molecule has 1 amide bonds. The highest BCUT2D eigenvalue weighted by molar-refractivity contribution is 9.10. The Hall–Kier alpha value is -3.65. The molecule has 7 nitrogen and oxygen atoms in total. The summed E-state index contributed by atoms with van der Waals surface area (Å²) in [6.07, 6.45) is 1.53. The summed E-state index contributed by atoms with van der Waals surface area (Å²) in [4.78, 5) is 25.6. The summed E-state index contributed by atoms with van der Waals surface area (Å²) >= 11 is 3.46. The van der Waals surface area contributed by atoms with Gasteiger partial charge in [-0.3, -0.25) is 9.59 Å². The van der Waals surface area contributed by atoms with Crippen LogP contribution in [0.4, 0.5) is 0 Å². The van der Waals surface area contributed by atoms with E-state index in [1.165, 1.54) is 6.21 Å². The van der Waals surface area contributed by atoms with Crippen LogP contribution in [0.3, 0.4) is 0 Å². The van der Waals surface area contributed by atoms with Gasteiger partial charge in [0.1, 0.15) is 6.54 Å². The molecule has 33 heavy (non-hydrogen) atoms. The van der Waals surface area contributed by atoms with E-state index in [1.807, 2.05) is 54.0 Å². The lowest BCUT2D eigenvalue weighted by Crippen LogP contribution is -2.25. The number of pyridine rings is 1. The lowest BCUT2D eigenvalue weighted by atomic mass is 10.1. The van der Waals surface area contributed by atoms with Gasteiger partial charge in [-0.2, -0.15) is 5.10 Å². The van der Waals surface area contributed by atoms with Crippen molar-refractivity contribution in [3.8, 4) is 11.5 Å². The molecule has 1 N–H and O–H groups in total. The molecule has 0 saturated heterocycles. The maximum atomic E-state index is 12.8. The quantitative estimate of drug-likeness (QED) is 0.227. The molecule has 0 fully saturated rings. The number of para-hydroxylation sites is 2. The molecule has 0 aliphatic rings. The maximum absolute atomic E-state index is 12.8. The van der Waals surface area contributed by atoms with E-state index in [-0.39, 0.29) is 17.9 Å². The van der Waals surface area contributed by atoms with Crippen molar-refractivity contribution in [2.75, 3.05) is 13.7 Å². The zero-order valence-electron chi connectivity index (χ0n) is 18.2. The van der Waals surface area contributed by atoms with Crippen molar-refractivity contribution >= 4 is 49.9 Å². The molecule has 0 atom stereocenters. The molecule has 8 heteroatoms. The number of aromatic nitrogens is 1. The Morgan fingerprint density at radius 1 is 1.09 bits per heavy atom. The number of carbonyl (C=O) groups is 1. The van der Waals surface area contributed by atoms with E-state index in [0.29, 0.717) is 39.9 Å². The Labute approximate surface area is 198 Å². The number of methoxy groups -OCH3 is 1. The number of rotatable bonds is 7. The number of nitrogens with zero attached hydrogens (tertiary/aromatic N) is 2. The molecule has 3 aromatic carbocycles. The van der Waals surface area contributed by atoms with Crippen LogP contribution in [0, 0.1) is 0 Å². The largest absolute Gasteiger partial charge is 0.492 e. The number of fused-ring (bicyclic) bond motifs is 2. The van der Waals surface area contributed by atoms with E-state index in [1.54, 1.807) is 25.3 Å². The van der Waals surface area contributed by atoms with Crippen LogP contribution in [0.25, 0.3) is 21.8 Å². The Morgan fingerprint density at radius 2 is 1.73 bits per heavy atom. The zero-order chi connectivity index (χ0) is 23.4. The number of halogens is 1. The third-order valence-electron chi connectivity index (χ3n) is 5.12. The van der Waals surface area contributed by atoms with Gasteiger partial charge in [-0.25, -0.2) is 5.43 Å². The Morgan fingerprint density at radius 3 is 2.33 bits per heavy atom. The van der Waals surface area contributed by atoms with Crippen molar-refractivity contribution in [1.82, 2.24) is 9.99 Å². The SMILES string of the molecule is CCOc1cc(/C=N\NC(=O)Cn2c3ccccc3c(=O)c3ccccc32)cc(Br)c1OC. The molecule has 4 rings (SSSR count). The summed E-state index contributed by atoms with van der Waals surface area (Å²) in [5, 5.41) is 5.23. The first kappa shape index (κ1) is 22.5. The van der Waals surface area contributed by atoms with Gasteiger partial charge in [-0.1, -0.05) is 24.3 Å². The monoisotopic (exact) mass is 507 g/mol. The van der Waals surface area contributed by atoms with Crippen LogP contribution in [-0.4, -0.2) is 30.4 Å². The van der Waals surface area contributed by atoms with E-state index in [4.69, 9.17) is 9.47 Å². The predicted molar refractivity (Wildman–Crippen MR) is 133 cm³/mol. The van der Waals surface area contributed by atoms with Crippen molar-refractivity contribution in [2.45, 2.75) is 13.5 Å². The number of nitrogens with one attached hydrogen (secondary N) is 1. The normalized spacial score (nSPS) is 11.2. The number of hydrazone groups is 1. The number of amides is 1. The molecule has 4 aromatic rings. The third kappa shape index (κ3) is 4.61. The number of hydrogen-bond acceptors (Lipinski definition) is 5. The number of ether oxygens (including phenoxy) is 2. The van der Waals surface area contributed by atoms with Crippen molar-refractivity contribution < 1.29 is 14.3 Å². The predicted octanol–water partition coefficient (Wildman–Crippen LogP) is 4.47. The van der Waals surface area contributed by atoms with Gasteiger partial charge in [0.15, 0.2) is 16.9 Å². The molecule has 0 bridgehead atoms. The summed E-state index contributed by atoms with van der Waals surface area (Å²) in [6, 6.07) is 18.1. The van der Waals surface area contributed by atoms with E-state index in [2.05, 4.69) is 26.5 Å². The zero-order valence-corrected chi connectivity index (χ0v) is 19.8. The fraction of sp³-hybridized carbons (Fsp3) is 0.160. The molecule has 1 heterocycles. The lowest BCUT2D eigenvalue weighted by molar-refractivity contribution is -0.121. The number of carbonyl (C=O) groups excluding carboxylic acids is 1. The molecule has 0 spiro atoms. The summed E-state index contributed by atoms with van der Waals surface area (Å²) < 4.78 is 13.5. The van der Waals surface area contributed by atoms with Crippen LogP contribution in [0.5, 0.6) is 11.5 Å². The molecule has 0 saturated carbocycles. The molecule has 1 aromatic heterocycles. The molecule has 0 aliphatic heterocycles. The van der Waals surface area contributed by atoms with Gasteiger partial charge in [0.05, 0.1) is 35.4 Å². The summed E-state index contributed by atoms with van der Waals surface area (Å²) in [6.45, 7) is 2.38. The third-order valence-corrected chi connectivity index (χ3v) is 5.71. The smallest absolute Gasteiger partial charge is 0.260 e. The fourth-order valence-electron chi connectivity index (χ4n) is 3.73. The topological polar surface area (TPSA) is 81.9 Å². The highest BCUT2D eigenvalue weighted by atomic mass is 79.9. The highest BCUT2D eigenvalue weighted by Gasteiger charge is 2.13. The molecular formula is C25H22BrN3O4. The van der Waals surface area contributed by atoms with Crippen molar-refractivity contribution in [2.24, 2.45) is 5.10 Å². The van der Waals surface area contributed by atoms with Gasteiger partial charge in [0, 0.05) is 10.8 Å². The fourth-order valence-corrected chi connectivity index (χ4v) is 4.35. The van der Waals surface area contributed by atoms with Gasteiger partial charge in [-0.05, 0) is 64.8 Å². The molecule has 168 valence electrons. The molecule has 0 radical (unpaired) electrons. The van der Waals surface area contributed by atoms with Gasteiger partial charge in [-0.15, -0.1) is 0 Å². The first-order valence-corrected chi connectivity index (χ1v) is 11.1. The summed E-state index contributed by atoms with van der Waals surface area (Å²) in [5.74, 6) is 0.853. The first-order chi connectivity index (χ1) is 16.0. The van der Waals surface area contributed by atoms with Gasteiger partial charge in [0.25, 0.3) is 5.91 Å². The summed E-state index contributed by atoms with van der Waals surface area (Å²) in [5.41, 5.74) is 4.64. The lowest BCUT2D eigenvalue weighted by Gasteiger charge is -2.14. The number of hydrogen-bond donors (Lipinski definition) is 1. The summed E-state index contributed by atoms with van der Waals surface area (Å²) in [7, 11) is 1.57. The second-order valence-corrected chi connectivity index (χ2v) is 8.06. The van der Waals surface area contributed by atoms with Crippen LogP contribution in [0.2, 0.25) is 0 Å². The first-order valence-electron chi connectivity index (χ1n) is 10.4. The van der Waals surface area contributed by atoms with Crippen LogP contribution < -0.4 is 20.3 Å². The Bertz CT molecular complexity index is 1370. The van der Waals surface area contributed by atoms with Crippen molar-refractivity contribution in [3.05, 3.63) is 80.9 Å². The standard InChI is InChI=1S/C25H22BrN3O4/c1-3-33-22-13-16(12-19(26)25(22)32-2)14-27-28-23(30)15-29-20-10-6-4-8-17(20)24(31)18-9-5-7-11-21(18)29/h4-14H,3,15H2,1-2H3,(H,28,30)/b27-14-. The minimum atomic E-state index is -0.317. The second kappa shape index (κ2) is 9.87. The van der Waals surface area contributed by atoms with Crippen LogP contribution in [0.15, 0.2) is 75.0 Å². The second-order valence-electron chi connectivity index (χ2n) is 7.21. The minimum Gasteiger partial charge on any atom is -0.492 e. The molecular weight excluding hydrogens is 486 g/mol. The van der Waals surface area contributed by atoms with E-state index < -0.39 is 0 Å². The van der Waals surface area contributed by atoms with Gasteiger partial charge < -0.3 is 14.0 Å². The van der Waals surface area contributed by atoms with Crippen LogP contribution >= 0.6 is 15.9 Å². The van der Waals surface area contributed by atoms with E-state index in [0.717, 1.165) is 10.0 Å². The Balaban J connectivity index is 1.60. The van der Waals surface area contributed by atoms with Crippen molar-refractivity contribution in [1.29, 1.82) is 0 Å². The van der Waals surface area contributed by atoms with Crippen LogP contribution in [0.1, 0.15) is 12.5 Å². The number of benzene rings is 3. The average molecular weight is 508 g/mol. The molecule has 0 aliphatic carbocycles. The van der Waals surface area contributed by atoms with Crippen molar-refractivity contribution in [3.63, 3.8) is 0 Å². The maximum Gasteiger partial charge on any atom is 0.260 e. The van der Waals surface area contributed by atoms with Gasteiger partial charge in [0.2, 0.25) is 0 Å². The van der Waals surface area contributed by atoms with E-state index in [9.17, 15) is 9.59 Å².